The van der Waals surface area contributed by atoms with Crippen LogP contribution in [-0.2, 0) is 4.79 Å². The minimum atomic E-state index is -0.142. The summed E-state index contributed by atoms with van der Waals surface area (Å²) in [4.78, 5) is 12.7. The highest BCUT2D eigenvalue weighted by Gasteiger charge is 2.01. The summed E-state index contributed by atoms with van der Waals surface area (Å²) in [5.41, 5.74) is 3.27. The Hall–Kier alpha value is -1.98. The number of aromatic hydroxyl groups is 1. The number of benzene rings is 2. The van der Waals surface area contributed by atoms with E-state index < -0.39 is 0 Å². The molecule has 0 aromatic heterocycles. The first kappa shape index (κ1) is 16.4. The lowest BCUT2D eigenvalue weighted by molar-refractivity contribution is -0.120. The first-order valence-electron chi connectivity index (χ1n) is 6.63. The number of amides is 1. The Balaban J connectivity index is 1.69. The Kier molecular flexibility index (Phi) is 6.30. The van der Waals surface area contributed by atoms with Crippen molar-refractivity contribution >= 4 is 35.5 Å². The third-order valence-electron chi connectivity index (χ3n) is 2.71. The normalized spacial score (nSPS) is 10.8. The van der Waals surface area contributed by atoms with Gasteiger partial charge >= 0.3 is 0 Å². The van der Waals surface area contributed by atoms with Crippen molar-refractivity contribution in [2.75, 3.05) is 5.75 Å². The minimum absolute atomic E-state index is 0.142. The molecule has 22 heavy (non-hydrogen) atoms. The monoisotopic (exact) mass is 334 g/mol. The first-order chi connectivity index (χ1) is 10.6. The molecule has 6 heteroatoms. The molecule has 2 N–H and O–H groups in total. The molecule has 2 rings (SSSR count). The van der Waals surface area contributed by atoms with Gasteiger partial charge in [0.05, 0.1) is 6.21 Å². The second kappa shape index (κ2) is 8.46. The Bertz CT molecular complexity index is 642. The topological polar surface area (TPSA) is 61.7 Å². The van der Waals surface area contributed by atoms with Gasteiger partial charge in [0.2, 0.25) is 5.91 Å². The molecular weight excluding hydrogens is 320 g/mol. The van der Waals surface area contributed by atoms with Crippen LogP contribution in [0.5, 0.6) is 5.75 Å². The summed E-state index contributed by atoms with van der Waals surface area (Å²) in [6, 6.07) is 14.0. The molecule has 0 aliphatic rings. The molecular formula is C16H15ClN2O2S. The lowest BCUT2D eigenvalue weighted by Crippen LogP contribution is -2.17. The van der Waals surface area contributed by atoms with E-state index in [2.05, 4.69) is 10.5 Å². The largest absolute Gasteiger partial charge is 0.508 e. The maximum absolute atomic E-state index is 11.6. The predicted molar refractivity (Wildman–Crippen MR) is 90.6 cm³/mol. The second-order valence-corrected chi connectivity index (χ2v) is 6.04. The van der Waals surface area contributed by atoms with E-state index in [4.69, 9.17) is 16.7 Å². The average Bonchev–Trinajstić information content (AvgIpc) is 2.51. The molecule has 0 fully saturated rings. The van der Waals surface area contributed by atoms with Crippen molar-refractivity contribution < 1.29 is 9.90 Å². The highest BCUT2D eigenvalue weighted by atomic mass is 35.5. The number of thioether (sulfide) groups is 1. The van der Waals surface area contributed by atoms with Gasteiger partial charge in [-0.15, -0.1) is 11.8 Å². The SMILES string of the molecule is O=C(CCSc1ccc(Cl)cc1)NN=Cc1ccc(O)cc1. The minimum Gasteiger partial charge on any atom is -0.508 e. The molecule has 0 spiro atoms. The van der Waals surface area contributed by atoms with Crippen molar-refractivity contribution in [3.8, 4) is 5.75 Å². The van der Waals surface area contributed by atoms with Crippen LogP contribution in [0.25, 0.3) is 0 Å². The van der Waals surface area contributed by atoms with E-state index in [1.54, 1.807) is 36.0 Å². The average molecular weight is 335 g/mol. The zero-order valence-electron chi connectivity index (χ0n) is 11.7. The number of phenols is 1. The van der Waals surface area contributed by atoms with Gasteiger partial charge in [-0.05, 0) is 54.1 Å². The van der Waals surface area contributed by atoms with Crippen molar-refractivity contribution in [3.63, 3.8) is 0 Å². The quantitative estimate of drug-likeness (QED) is 0.481. The molecule has 0 unspecified atom stereocenters. The van der Waals surface area contributed by atoms with Gasteiger partial charge in [-0.25, -0.2) is 5.43 Å². The summed E-state index contributed by atoms with van der Waals surface area (Å²) in [7, 11) is 0. The van der Waals surface area contributed by atoms with E-state index >= 15 is 0 Å². The van der Waals surface area contributed by atoms with Gasteiger partial charge in [0.25, 0.3) is 0 Å². The number of rotatable bonds is 6. The summed E-state index contributed by atoms with van der Waals surface area (Å²) < 4.78 is 0. The summed E-state index contributed by atoms with van der Waals surface area (Å²) in [6.07, 6.45) is 1.91. The number of hydrogen-bond acceptors (Lipinski definition) is 4. The fourth-order valence-corrected chi connectivity index (χ4v) is 2.57. The fourth-order valence-electron chi connectivity index (χ4n) is 1.59. The number of hydrogen-bond donors (Lipinski definition) is 2. The van der Waals surface area contributed by atoms with Crippen LogP contribution in [0, 0.1) is 0 Å². The molecule has 0 saturated carbocycles. The molecule has 1 amide bonds. The lowest BCUT2D eigenvalue weighted by atomic mass is 10.2. The number of nitrogens with zero attached hydrogens (tertiary/aromatic N) is 1. The maximum Gasteiger partial charge on any atom is 0.240 e. The van der Waals surface area contributed by atoms with E-state index in [1.165, 1.54) is 6.21 Å². The summed E-state index contributed by atoms with van der Waals surface area (Å²) in [5.74, 6) is 0.722. The third kappa shape index (κ3) is 5.79. The first-order valence-corrected chi connectivity index (χ1v) is 7.99. The van der Waals surface area contributed by atoms with E-state index in [1.807, 2.05) is 24.3 Å². The summed E-state index contributed by atoms with van der Waals surface area (Å²) >= 11 is 7.40. The number of phenolic OH excluding ortho intramolecular Hbond substituents is 1. The van der Waals surface area contributed by atoms with Gasteiger partial charge in [0.1, 0.15) is 5.75 Å². The van der Waals surface area contributed by atoms with Crippen LogP contribution < -0.4 is 5.43 Å². The molecule has 0 atom stereocenters. The molecule has 0 aliphatic carbocycles. The van der Waals surface area contributed by atoms with Gasteiger partial charge in [0, 0.05) is 22.1 Å². The highest BCUT2D eigenvalue weighted by molar-refractivity contribution is 7.99. The molecule has 2 aromatic rings. The Morgan fingerprint density at radius 2 is 1.86 bits per heavy atom. The van der Waals surface area contributed by atoms with Crippen LogP contribution in [-0.4, -0.2) is 23.0 Å². The number of hydrazone groups is 1. The van der Waals surface area contributed by atoms with Gasteiger partial charge in [-0.2, -0.15) is 5.10 Å². The fraction of sp³-hybridized carbons (Fsp3) is 0.125. The van der Waals surface area contributed by atoms with Gasteiger partial charge in [-0.3, -0.25) is 4.79 Å². The zero-order chi connectivity index (χ0) is 15.8. The Morgan fingerprint density at radius 1 is 1.18 bits per heavy atom. The zero-order valence-corrected chi connectivity index (χ0v) is 13.3. The Morgan fingerprint density at radius 3 is 2.55 bits per heavy atom. The second-order valence-electron chi connectivity index (χ2n) is 4.44. The number of carbonyl (C=O) groups is 1. The highest BCUT2D eigenvalue weighted by Crippen LogP contribution is 2.20. The maximum atomic E-state index is 11.6. The van der Waals surface area contributed by atoms with Crippen LogP contribution in [0.1, 0.15) is 12.0 Å². The van der Waals surface area contributed by atoms with Gasteiger partial charge in [-0.1, -0.05) is 11.6 Å². The van der Waals surface area contributed by atoms with Crippen molar-refractivity contribution in [1.29, 1.82) is 0 Å². The lowest BCUT2D eigenvalue weighted by Gasteiger charge is -2.01. The third-order valence-corrected chi connectivity index (χ3v) is 3.97. The number of carbonyl (C=O) groups excluding carboxylic acids is 1. The van der Waals surface area contributed by atoms with Crippen LogP contribution >= 0.6 is 23.4 Å². The summed E-state index contributed by atoms with van der Waals surface area (Å²) in [6.45, 7) is 0. The van der Waals surface area contributed by atoms with Crippen LogP contribution in [0.2, 0.25) is 5.02 Å². The molecule has 114 valence electrons. The molecule has 0 radical (unpaired) electrons. The van der Waals surface area contributed by atoms with Crippen molar-refractivity contribution in [2.45, 2.75) is 11.3 Å². The molecule has 0 aliphatic heterocycles. The van der Waals surface area contributed by atoms with Crippen molar-refractivity contribution in [3.05, 3.63) is 59.1 Å². The molecule has 0 heterocycles. The number of halogens is 1. The summed E-state index contributed by atoms with van der Waals surface area (Å²) in [5, 5.41) is 13.7. The molecule has 2 aromatic carbocycles. The predicted octanol–water partition coefficient (Wildman–Crippen LogP) is 3.68. The van der Waals surface area contributed by atoms with E-state index in [0.29, 0.717) is 17.2 Å². The van der Waals surface area contributed by atoms with Crippen LogP contribution in [0.15, 0.2) is 58.5 Å². The van der Waals surface area contributed by atoms with Gasteiger partial charge < -0.3 is 5.11 Å². The smallest absolute Gasteiger partial charge is 0.240 e. The van der Waals surface area contributed by atoms with E-state index in [9.17, 15) is 4.79 Å². The van der Waals surface area contributed by atoms with E-state index in [-0.39, 0.29) is 11.7 Å². The van der Waals surface area contributed by atoms with Crippen LogP contribution in [0.4, 0.5) is 0 Å². The molecule has 0 bridgehead atoms. The standard InChI is InChI=1S/C16H15ClN2O2S/c17-13-3-7-15(8-4-13)22-10-9-16(21)19-18-11-12-1-5-14(20)6-2-12/h1-8,11,20H,9-10H2,(H,19,21). The molecule has 0 saturated heterocycles. The van der Waals surface area contributed by atoms with Crippen molar-refractivity contribution in [1.82, 2.24) is 5.43 Å². The molecule has 4 nitrogen and oxygen atoms in total. The number of nitrogens with one attached hydrogen (secondary N) is 1. The van der Waals surface area contributed by atoms with Crippen molar-refractivity contribution in [2.24, 2.45) is 5.10 Å². The van der Waals surface area contributed by atoms with Gasteiger partial charge in [0.15, 0.2) is 0 Å². The Labute approximate surface area is 138 Å². The van der Waals surface area contributed by atoms with E-state index in [0.717, 1.165) is 10.5 Å². The van der Waals surface area contributed by atoms with Crippen LogP contribution in [0.3, 0.4) is 0 Å².